The Hall–Kier alpha value is -3.39. The number of aromatic nitrogens is 2. The number of hydrogen-bond donors (Lipinski definition) is 0. The summed E-state index contributed by atoms with van der Waals surface area (Å²) < 4.78 is 7.98. The summed E-state index contributed by atoms with van der Waals surface area (Å²) in [6.07, 6.45) is 7.92. The van der Waals surface area contributed by atoms with E-state index in [1.165, 1.54) is 18.5 Å². The van der Waals surface area contributed by atoms with Gasteiger partial charge in [0.1, 0.15) is 5.60 Å². The van der Waals surface area contributed by atoms with Gasteiger partial charge < -0.3 is 19.1 Å². The normalized spacial score (nSPS) is 18.0. The van der Waals surface area contributed by atoms with Crippen LogP contribution in [-0.4, -0.2) is 63.3 Å². The van der Waals surface area contributed by atoms with Crippen LogP contribution in [0.5, 0.6) is 0 Å². The lowest BCUT2D eigenvalue weighted by Gasteiger charge is -2.40. The molecule has 2 aliphatic heterocycles. The number of hydrogen-bond acceptors (Lipinski definition) is 6. The number of likely N-dealkylation sites (tertiary alicyclic amines) is 1. The highest BCUT2D eigenvalue weighted by atomic mass is 16.6. The maximum atomic E-state index is 14.0. The third kappa shape index (κ3) is 6.97. The van der Waals surface area contributed by atoms with Gasteiger partial charge in [0.05, 0.1) is 5.52 Å². The molecule has 0 spiro atoms. The highest BCUT2D eigenvalue weighted by Gasteiger charge is 2.31. The van der Waals surface area contributed by atoms with E-state index in [9.17, 15) is 9.59 Å². The highest BCUT2D eigenvalue weighted by Crippen LogP contribution is 2.27. The first-order chi connectivity index (χ1) is 20.0. The second kappa shape index (κ2) is 12.5. The largest absolute Gasteiger partial charge is 0.444 e. The number of anilines is 1. The van der Waals surface area contributed by atoms with Gasteiger partial charge in [0.15, 0.2) is 5.43 Å². The van der Waals surface area contributed by atoms with Gasteiger partial charge in [0, 0.05) is 86.1 Å². The molecule has 2 aliphatic rings. The molecular weight excluding hydrogens is 526 g/mol. The first kappa shape index (κ1) is 30.1. The number of pyridine rings is 2. The topological polar surface area (TPSA) is 70.9 Å². The second-order valence-electron chi connectivity index (χ2n) is 13.3. The Balaban J connectivity index is 1.49. The molecule has 0 radical (unpaired) electrons. The minimum atomic E-state index is -0.542. The predicted octanol–water partition coefficient (Wildman–Crippen LogP) is 6.29. The zero-order valence-electron chi connectivity index (χ0n) is 26.2. The van der Waals surface area contributed by atoms with Crippen molar-refractivity contribution < 1.29 is 9.53 Å². The fourth-order valence-corrected chi connectivity index (χ4v) is 6.32. The average molecular weight is 574 g/mol. The van der Waals surface area contributed by atoms with Crippen LogP contribution in [0.2, 0.25) is 0 Å². The van der Waals surface area contributed by atoms with Gasteiger partial charge in [-0.1, -0.05) is 0 Å². The SMILES string of the molecule is Cc1cc(CN(Cc2cn(C(C)C)c3cc(N4CCCC4)ccc3c2=O)C2CCCN(C(=O)OC(C)(C)C)C2)ccn1. The number of rotatable bonds is 7. The maximum Gasteiger partial charge on any atom is 0.410 e. The minimum absolute atomic E-state index is 0.0885. The Kier molecular flexibility index (Phi) is 8.92. The van der Waals surface area contributed by atoms with Crippen LogP contribution in [0.3, 0.4) is 0 Å². The first-order valence-corrected chi connectivity index (χ1v) is 15.5. The maximum absolute atomic E-state index is 14.0. The van der Waals surface area contributed by atoms with Crippen LogP contribution in [0.25, 0.3) is 10.9 Å². The van der Waals surface area contributed by atoms with Crippen molar-refractivity contribution in [2.75, 3.05) is 31.1 Å². The lowest BCUT2D eigenvalue weighted by atomic mass is 10.0. The molecule has 3 aromatic rings. The monoisotopic (exact) mass is 573 g/mol. The number of carbonyl (C=O) groups excluding carboxylic acids is 1. The van der Waals surface area contributed by atoms with Gasteiger partial charge in [-0.15, -0.1) is 0 Å². The van der Waals surface area contributed by atoms with Crippen LogP contribution in [0.4, 0.5) is 10.5 Å². The molecule has 1 aromatic carbocycles. The summed E-state index contributed by atoms with van der Waals surface area (Å²) in [4.78, 5) is 38.1. The van der Waals surface area contributed by atoms with E-state index in [4.69, 9.17) is 4.74 Å². The van der Waals surface area contributed by atoms with Gasteiger partial charge in [-0.2, -0.15) is 0 Å². The van der Waals surface area contributed by atoms with E-state index < -0.39 is 5.60 Å². The van der Waals surface area contributed by atoms with Gasteiger partial charge >= 0.3 is 6.09 Å². The molecule has 2 fully saturated rings. The quantitative estimate of drug-likeness (QED) is 0.331. The third-order valence-corrected chi connectivity index (χ3v) is 8.40. The molecule has 2 saturated heterocycles. The van der Waals surface area contributed by atoms with Crippen molar-refractivity contribution in [3.63, 3.8) is 0 Å². The highest BCUT2D eigenvalue weighted by molar-refractivity contribution is 5.83. The summed E-state index contributed by atoms with van der Waals surface area (Å²) in [5.74, 6) is 0. The molecule has 4 heterocycles. The standard InChI is InChI=1S/C34H47N5O3/c1-24(2)39-22-27(32(40)30-12-11-28(19-31(30)39)36-15-7-8-16-36)21-38(20-26-13-14-35-25(3)18-26)29-10-9-17-37(23-29)33(41)42-34(4,5)6/h11-14,18-19,22,24,29H,7-10,15-17,20-21,23H2,1-6H3. The van der Waals surface area contributed by atoms with Gasteiger partial charge in [-0.3, -0.25) is 14.7 Å². The number of carbonyl (C=O) groups is 1. The van der Waals surface area contributed by atoms with E-state index in [0.29, 0.717) is 26.2 Å². The summed E-state index contributed by atoms with van der Waals surface area (Å²) in [6.45, 7) is 16.6. The molecule has 1 unspecified atom stereocenters. The van der Waals surface area contributed by atoms with E-state index in [0.717, 1.165) is 53.7 Å². The molecule has 0 N–H and O–H groups in total. The average Bonchev–Trinajstić information content (AvgIpc) is 3.48. The van der Waals surface area contributed by atoms with E-state index in [-0.39, 0.29) is 23.6 Å². The van der Waals surface area contributed by atoms with E-state index in [1.807, 2.05) is 50.9 Å². The minimum Gasteiger partial charge on any atom is -0.444 e. The van der Waals surface area contributed by atoms with Gasteiger partial charge in [0.2, 0.25) is 0 Å². The number of aryl methyl sites for hydroxylation is 1. The molecule has 5 rings (SSSR count). The van der Waals surface area contributed by atoms with Crippen LogP contribution in [0.15, 0.2) is 47.5 Å². The summed E-state index contributed by atoms with van der Waals surface area (Å²) in [7, 11) is 0. The summed E-state index contributed by atoms with van der Waals surface area (Å²) in [6, 6.07) is 10.8. The fourth-order valence-electron chi connectivity index (χ4n) is 6.32. The van der Waals surface area contributed by atoms with E-state index in [1.54, 1.807) is 0 Å². The van der Waals surface area contributed by atoms with E-state index >= 15 is 0 Å². The number of fused-ring (bicyclic) bond motifs is 1. The molecule has 8 nitrogen and oxygen atoms in total. The molecule has 0 saturated carbocycles. The smallest absolute Gasteiger partial charge is 0.410 e. The third-order valence-electron chi connectivity index (χ3n) is 8.40. The zero-order chi connectivity index (χ0) is 30.0. The van der Waals surface area contributed by atoms with Crippen LogP contribution in [0.1, 0.15) is 83.2 Å². The molecule has 0 bridgehead atoms. The Bertz CT molecular complexity index is 1470. The van der Waals surface area contributed by atoms with Crippen molar-refractivity contribution in [3.8, 4) is 0 Å². The molecule has 1 atom stereocenters. The van der Waals surface area contributed by atoms with Crippen molar-refractivity contribution in [1.82, 2.24) is 19.4 Å². The Morgan fingerprint density at radius 2 is 1.83 bits per heavy atom. The molecule has 8 heteroatoms. The summed E-state index contributed by atoms with van der Waals surface area (Å²) in [5.41, 5.74) is 4.63. The zero-order valence-corrected chi connectivity index (χ0v) is 26.2. The number of nitrogens with zero attached hydrogens (tertiary/aromatic N) is 5. The number of ether oxygens (including phenoxy) is 1. The van der Waals surface area contributed by atoms with Crippen molar-refractivity contribution in [2.45, 2.75) is 98.0 Å². The van der Waals surface area contributed by atoms with Crippen LogP contribution in [0, 0.1) is 6.92 Å². The van der Waals surface area contributed by atoms with Crippen LogP contribution < -0.4 is 10.3 Å². The Labute approximate surface area is 250 Å². The molecule has 226 valence electrons. The van der Waals surface area contributed by atoms with Gasteiger partial charge in [-0.05, 0) is 103 Å². The van der Waals surface area contributed by atoms with E-state index in [2.05, 4.69) is 57.6 Å². The molecule has 2 aromatic heterocycles. The molecule has 42 heavy (non-hydrogen) atoms. The summed E-state index contributed by atoms with van der Waals surface area (Å²) >= 11 is 0. The van der Waals surface area contributed by atoms with Gasteiger partial charge in [-0.25, -0.2) is 4.79 Å². The van der Waals surface area contributed by atoms with Crippen molar-refractivity contribution in [1.29, 1.82) is 0 Å². The lowest BCUT2D eigenvalue weighted by Crippen LogP contribution is -2.50. The van der Waals surface area contributed by atoms with Gasteiger partial charge in [0.25, 0.3) is 0 Å². The number of benzene rings is 1. The van der Waals surface area contributed by atoms with Crippen molar-refractivity contribution >= 4 is 22.7 Å². The fraction of sp³-hybridized carbons (Fsp3) is 0.559. The predicted molar refractivity (Wildman–Crippen MR) is 169 cm³/mol. The van der Waals surface area contributed by atoms with Crippen LogP contribution in [-0.2, 0) is 17.8 Å². The number of piperidine rings is 1. The second-order valence-corrected chi connectivity index (χ2v) is 13.3. The van der Waals surface area contributed by atoms with Crippen molar-refractivity contribution in [3.05, 3.63) is 69.8 Å². The molecule has 0 aliphatic carbocycles. The Morgan fingerprint density at radius 3 is 2.52 bits per heavy atom. The van der Waals surface area contributed by atoms with Crippen LogP contribution >= 0.6 is 0 Å². The number of amides is 1. The molecule has 1 amide bonds. The lowest BCUT2D eigenvalue weighted by molar-refractivity contribution is 0.00888. The summed E-state index contributed by atoms with van der Waals surface area (Å²) in [5, 5.41) is 0.767. The Morgan fingerprint density at radius 1 is 1.07 bits per heavy atom. The first-order valence-electron chi connectivity index (χ1n) is 15.5. The molecular formula is C34H47N5O3. The van der Waals surface area contributed by atoms with Crippen molar-refractivity contribution in [2.24, 2.45) is 0 Å².